The van der Waals surface area contributed by atoms with E-state index >= 15 is 0 Å². The van der Waals surface area contributed by atoms with E-state index in [2.05, 4.69) is 25.9 Å². The molecule has 1 saturated heterocycles. The van der Waals surface area contributed by atoms with Crippen LogP contribution in [0.2, 0.25) is 0 Å². The summed E-state index contributed by atoms with van der Waals surface area (Å²) < 4.78 is 0. The fraction of sp³-hybridized carbons (Fsp3) is 0.406. The molecule has 2 aromatic rings. The Morgan fingerprint density at radius 3 is 2.12 bits per heavy atom. The normalized spacial score (nSPS) is 15.3. The van der Waals surface area contributed by atoms with Gasteiger partial charge < -0.3 is 54.6 Å². The summed E-state index contributed by atoms with van der Waals surface area (Å²) >= 11 is 0. The largest absolute Gasteiger partial charge is 0.508 e. The van der Waals surface area contributed by atoms with Crippen molar-refractivity contribution in [3.8, 4) is 5.75 Å². The molecule has 1 aliphatic heterocycles. The summed E-state index contributed by atoms with van der Waals surface area (Å²) in [7, 11) is 0. The fourth-order valence-electron chi connectivity index (χ4n) is 5.52. The molecule has 20 heteroatoms. The van der Waals surface area contributed by atoms with Gasteiger partial charge in [-0.2, -0.15) is 0 Å². The number of aliphatic imine (C=N–C) groups is 2. The number of nitro benzene ring substituents is 1. The number of phenols is 1. The first-order valence-electron chi connectivity index (χ1n) is 16.3. The molecule has 52 heavy (non-hydrogen) atoms. The first kappa shape index (κ1) is 40.0. The van der Waals surface area contributed by atoms with Crippen LogP contribution in [0.15, 0.2) is 58.5 Å². The van der Waals surface area contributed by atoms with Gasteiger partial charge in [-0.25, -0.2) is 4.99 Å². The molecule has 5 amide bonds. The van der Waals surface area contributed by atoms with Gasteiger partial charge in [-0.1, -0.05) is 24.3 Å². The maximum atomic E-state index is 13.6. The lowest BCUT2D eigenvalue weighted by atomic mass is 10.0. The maximum absolute atomic E-state index is 13.6. The first-order chi connectivity index (χ1) is 24.6. The Morgan fingerprint density at radius 1 is 0.885 bits per heavy atom. The van der Waals surface area contributed by atoms with E-state index in [4.69, 9.17) is 28.7 Å². The maximum Gasteiger partial charge on any atom is 0.269 e. The van der Waals surface area contributed by atoms with Crippen LogP contribution in [0.3, 0.4) is 0 Å². The van der Waals surface area contributed by atoms with Crippen molar-refractivity contribution >= 4 is 47.1 Å². The number of rotatable bonds is 18. The molecule has 1 fully saturated rings. The Hall–Kier alpha value is -6.47. The van der Waals surface area contributed by atoms with Crippen LogP contribution in [0.4, 0.5) is 5.69 Å². The zero-order chi connectivity index (χ0) is 38.4. The molecule has 280 valence electrons. The molecule has 3 rings (SSSR count). The molecule has 0 spiro atoms. The minimum absolute atomic E-state index is 0.0149. The summed E-state index contributed by atoms with van der Waals surface area (Å²) in [5, 5.41) is 28.4. The van der Waals surface area contributed by atoms with E-state index in [1.165, 1.54) is 41.3 Å². The highest BCUT2D eigenvalue weighted by molar-refractivity contribution is 5.95. The number of primary amides is 1. The van der Waals surface area contributed by atoms with Crippen molar-refractivity contribution in [3.05, 3.63) is 69.8 Å². The number of nitrogens with zero attached hydrogens (tertiary/aromatic N) is 4. The van der Waals surface area contributed by atoms with Gasteiger partial charge in [0.2, 0.25) is 29.5 Å². The Morgan fingerprint density at radius 2 is 1.52 bits per heavy atom. The molecule has 4 atom stereocenters. The van der Waals surface area contributed by atoms with Crippen molar-refractivity contribution in [2.75, 3.05) is 19.6 Å². The van der Waals surface area contributed by atoms with E-state index in [-0.39, 0.29) is 62.1 Å². The number of phenolic OH excluding ortho intramolecular Hbond substituents is 1. The van der Waals surface area contributed by atoms with E-state index < -0.39 is 65.2 Å². The molecule has 1 aliphatic rings. The molecule has 14 N–H and O–H groups in total. The third kappa shape index (κ3) is 12.4. The number of hydrogen-bond acceptors (Lipinski definition) is 10. The highest BCUT2D eigenvalue weighted by Crippen LogP contribution is 2.20. The van der Waals surface area contributed by atoms with Crippen molar-refractivity contribution in [1.82, 2.24) is 20.9 Å². The van der Waals surface area contributed by atoms with Crippen LogP contribution < -0.4 is 44.6 Å². The fourth-order valence-corrected chi connectivity index (χ4v) is 5.52. The van der Waals surface area contributed by atoms with Crippen LogP contribution in [0.5, 0.6) is 5.75 Å². The number of nitro groups is 1. The summed E-state index contributed by atoms with van der Waals surface area (Å²) in [6.07, 6.45) is 1.08. The standard InChI is InChI=1S/C32H44N12O8/c33-27(47)25-4-2-14-43(25)30(50)24(16-18-5-9-20(10-6-18)44(51)52)40-26(46)17-39-28(48)22(3-1-13-38-31(34)35)41-29(49)23(42-32(36)37)15-19-7-11-21(45)12-8-19/h5-12,22-25,45H,1-4,13-17H2,(H2,33,47)(H,39,48)(H,40,46)(H,41,49)(H4,34,35,38)(H4,36,37,42)/t22-,23-,24-,25-/m0/s1. The number of nitrogens with one attached hydrogen (secondary N) is 3. The topological polar surface area (TPSA) is 343 Å². The Kier molecular flexibility index (Phi) is 14.7. The molecule has 0 aliphatic carbocycles. The highest BCUT2D eigenvalue weighted by atomic mass is 16.6. The number of guanidine groups is 2. The predicted molar refractivity (Wildman–Crippen MR) is 189 cm³/mol. The molecule has 2 aromatic carbocycles. The number of non-ortho nitro benzene ring substituents is 1. The molecule has 0 radical (unpaired) electrons. The number of benzene rings is 2. The van der Waals surface area contributed by atoms with E-state index in [1.807, 2.05) is 0 Å². The molecule has 0 saturated carbocycles. The summed E-state index contributed by atoms with van der Waals surface area (Å²) in [4.78, 5) is 85.3. The average molecular weight is 725 g/mol. The van der Waals surface area contributed by atoms with Gasteiger partial charge in [0.05, 0.1) is 11.5 Å². The number of aromatic hydroxyl groups is 1. The lowest BCUT2D eigenvalue weighted by Crippen LogP contribution is -2.55. The molecular weight excluding hydrogens is 680 g/mol. The third-order valence-electron chi connectivity index (χ3n) is 8.06. The molecular formula is C32H44N12O8. The number of likely N-dealkylation sites (tertiary alicyclic amines) is 1. The molecule has 20 nitrogen and oxygen atoms in total. The van der Waals surface area contributed by atoms with E-state index in [9.17, 15) is 39.2 Å². The summed E-state index contributed by atoms with van der Waals surface area (Å²) in [5.41, 5.74) is 28.3. The van der Waals surface area contributed by atoms with Gasteiger partial charge in [-0.15, -0.1) is 0 Å². The summed E-state index contributed by atoms with van der Waals surface area (Å²) in [5.74, 6) is -4.07. The SMILES string of the molecule is NC(=O)[C@@H]1CCCN1C(=O)[C@H](Cc1ccc([N+](=O)[O-])cc1)NC(=O)CNC(=O)[C@H](CCCN=C(N)N)NC(=O)[C@H](Cc1ccc(O)cc1)N=C(N)N. The van der Waals surface area contributed by atoms with Gasteiger partial charge in [0.1, 0.15) is 29.9 Å². The van der Waals surface area contributed by atoms with Gasteiger partial charge in [-0.05, 0) is 48.9 Å². The smallest absolute Gasteiger partial charge is 0.269 e. The lowest BCUT2D eigenvalue weighted by Gasteiger charge is -2.28. The lowest BCUT2D eigenvalue weighted by molar-refractivity contribution is -0.384. The zero-order valence-electron chi connectivity index (χ0n) is 28.3. The van der Waals surface area contributed by atoms with Gasteiger partial charge in [0.15, 0.2) is 11.9 Å². The highest BCUT2D eigenvalue weighted by Gasteiger charge is 2.37. The minimum atomic E-state index is -1.22. The number of carbonyl (C=O) groups is 5. The van der Waals surface area contributed by atoms with Crippen LogP contribution in [0.1, 0.15) is 36.8 Å². The quantitative estimate of drug-likeness (QED) is 0.0250. The Bertz CT molecular complexity index is 1660. The van der Waals surface area contributed by atoms with Gasteiger partial charge in [0, 0.05) is 38.1 Å². The molecule has 0 aromatic heterocycles. The third-order valence-corrected chi connectivity index (χ3v) is 8.06. The van der Waals surface area contributed by atoms with Crippen LogP contribution in [-0.4, -0.2) is 100 Å². The van der Waals surface area contributed by atoms with Gasteiger partial charge in [-0.3, -0.25) is 39.1 Å². The monoisotopic (exact) mass is 724 g/mol. The molecule has 0 unspecified atom stereocenters. The van der Waals surface area contributed by atoms with Crippen LogP contribution in [0, 0.1) is 10.1 Å². The Balaban J connectivity index is 1.75. The van der Waals surface area contributed by atoms with Gasteiger partial charge in [0.25, 0.3) is 5.69 Å². The van der Waals surface area contributed by atoms with Crippen molar-refractivity contribution in [2.45, 2.75) is 62.7 Å². The van der Waals surface area contributed by atoms with Crippen molar-refractivity contribution in [1.29, 1.82) is 0 Å². The number of amides is 5. The number of hydrogen-bond donors (Lipinski definition) is 9. The first-order valence-corrected chi connectivity index (χ1v) is 16.3. The molecule has 0 bridgehead atoms. The molecule has 1 heterocycles. The van der Waals surface area contributed by atoms with E-state index in [0.717, 1.165) is 0 Å². The van der Waals surface area contributed by atoms with Crippen molar-refractivity contribution in [3.63, 3.8) is 0 Å². The second kappa shape index (κ2) is 19.1. The summed E-state index contributed by atoms with van der Waals surface area (Å²) in [6, 6.07) is 6.94. The second-order valence-electron chi connectivity index (χ2n) is 12.0. The van der Waals surface area contributed by atoms with Crippen LogP contribution in [-0.2, 0) is 36.8 Å². The predicted octanol–water partition coefficient (Wildman–Crippen LogP) is -2.66. The van der Waals surface area contributed by atoms with Crippen molar-refractivity contribution < 1.29 is 34.0 Å². The second-order valence-corrected chi connectivity index (χ2v) is 12.0. The summed E-state index contributed by atoms with van der Waals surface area (Å²) in [6.45, 7) is -0.263. The number of carbonyl (C=O) groups excluding carboxylic acids is 5. The average Bonchev–Trinajstić information content (AvgIpc) is 3.59. The van der Waals surface area contributed by atoms with Crippen LogP contribution >= 0.6 is 0 Å². The van der Waals surface area contributed by atoms with Crippen LogP contribution in [0.25, 0.3) is 0 Å². The van der Waals surface area contributed by atoms with E-state index in [0.29, 0.717) is 24.0 Å². The Labute approximate surface area is 298 Å². The minimum Gasteiger partial charge on any atom is -0.508 e. The van der Waals surface area contributed by atoms with Crippen molar-refractivity contribution in [2.24, 2.45) is 38.7 Å². The van der Waals surface area contributed by atoms with Gasteiger partial charge >= 0.3 is 0 Å². The number of nitrogens with two attached hydrogens (primary N) is 5. The van der Waals surface area contributed by atoms with E-state index in [1.54, 1.807) is 12.1 Å². The zero-order valence-corrected chi connectivity index (χ0v) is 28.3.